The highest BCUT2D eigenvalue weighted by Gasteiger charge is 2.28. The van der Waals surface area contributed by atoms with Crippen LogP contribution in [0.25, 0.3) is 0 Å². The third-order valence-corrected chi connectivity index (χ3v) is 2.51. The molecule has 2 rings (SSSR count). The van der Waals surface area contributed by atoms with Gasteiger partial charge < -0.3 is 9.47 Å². The summed E-state index contributed by atoms with van der Waals surface area (Å²) in [6.07, 6.45) is 7.75. The maximum Gasteiger partial charge on any atom is 0.156 e. The number of allylic oxidation sites excluding steroid dienone is 2. The molecule has 2 nitrogen and oxygen atoms in total. The van der Waals surface area contributed by atoms with Gasteiger partial charge in [-0.1, -0.05) is 6.08 Å². The highest BCUT2D eigenvalue weighted by atomic mass is 16.5. The van der Waals surface area contributed by atoms with Gasteiger partial charge in [-0.2, -0.15) is 0 Å². The Morgan fingerprint density at radius 2 is 2.58 bits per heavy atom. The monoisotopic (exact) mass is 166 g/mol. The third kappa shape index (κ3) is 1.22. The van der Waals surface area contributed by atoms with Crippen molar-refractivity contribution < 1.29 is 9.47 Å². The fourth-order valence-electron chi connectivity index (χ4n) is 1.90. The van der Waals surface area contributed by atoms with Crippen molar-refractivity contribution in [2.24, 2.45) is 5.92 Å². The smallest absolute Gasteiger partial charge is 0.156 e. The van der Waals surface area contributed by atoms with Gasteiger partial charge in [0.1, 0.15) is 6.26 Å². The summed E-state index contributed by atoms with van der Waals surface area (Å²) in [5.74, 6) is 1.59. The van der Waals surface area contributed by atoms with E-state index in [4.69, 9.17) is 9.47 Å². The first-order valence-corrected chi connectivity index (χ1v) is 4.48. The van der Waals surface area contributed by atoms with E-state index in [1.807, 2.05) is 0 Å². The first-order chi connectivity index (χ1) is 5.92. The molecule has 0 aromatic heterocycles. The Morgan fingerprint density at radius 1 is 1.67 bits per heavy atom. The summed E-state index contributed by atoms with van der Waals surface area (Å²) >= 11 is 0. The lowest BCUT2D eigenvalue weighted by Gasteiger charge is -2.13. The summed E-state index contributed by atoms with van der Waals surface area (Å²) in [7, 11) is 1.66. The van der Waals surface area contributed by atoms with E-state index in [-0.39, 0.29) is 0 Å². The van der Waals surface area contributed by atoms with Crippen molar-refractivity contribution in [2.75, 3.05) is 13.7 Å². The van der Waals surface area contributed by atoms with Gasteiger partial charge in [-0.25, -0.2) is 0 Å². The molecule has 0 N–H and O–H groups in total. The molecular formula is C10H14O2. The van der Waals surface area contributed by atoms with Gasteiger partial charge in [0.05, 0.1) is 13.7 Å². The van der Waals surface area contributed by atoms with Crippen molar-refractivity contribution >= 4 is 0 Å². The van der Waals surface area contributed by atoms with E-state index < -0.39 is 0 Å². The van der Waals surface area contributed by atoms with Crippen LogP contribution in [0.1, 0.15) is 19.3 Å². The Balaban J connectivity index is 2.20. The molecule has 1 fully saturated rings. The molecule has 1 heterocycles. The van der Waals surface area contributed by atoms with Gasteiger partial charge in [-0.3, -0.25) is 0 Å². The van der Waals surface area contributed by atoms with Crippen LogP contribution in [0.5, 0.6) is 0 Å². The molecule has 1 aliphatic carbocycles. The van der Waals surface area contributed by atoms with Gasteiger partial charge in [0, 0.05) is 5.92 Å². The molecule has 12 heavy (non-hydrogen) atoms. The predicted octanol–water partition coefficient (Wildman–Crippen LogP) is 2.23. The predicted molar refractivity (Wildman–Crippen MR) is 46.5 cm³/mol. The van der Waals surface area contributed by atoms with Crippen molar-refractivity contribution in [1.29, 1.82) is 0 Å². The van der Waals surface area contributed by atoms with E-state index in [0.29, 0.717) is 5.92 Å². The second-order valence-electron chi connectivity index (χ2n) is 3.32. The van der Waals surface area contributed by atoms with Crippen LogP contribution in [0.2, 0.25) is 0 Å². The van der Waals surface area contributed by atoms with Gasteiger partial charge in [0.25, 0.3) is 0 Å². The number of methoxy groups -OCH3 is 1. The molecule has 0 amide bonds. The van der Waals surface area contributed by atoms with Crippen LogP contribution in [0.15, 0.2) is 23.7 Å². The molecule has 1 aliphatic heterocycles. The lowest BCUT2D eigenvalue weighted by molar-refractivity contribution is 0.218. The van der Waals surface area contributed by atoms with Crippen LogP contribution in [-0.2, 0) is 9.47 Å². The summed E-state index contributed by atoms with van der Waals surface area (Å²) in [4.78, 5) is 0. The number of ether oxygens (including phenoxy) is 2. The normalized spacial score (nSPS) is 30.9. The Bertz CT molecular complexity index is 228. The maximum absolute atomic E-state index is 5.51. The van der Waals surface area contributed by atoms with Crippen LogP contribution < -0.4 is 0 Å². The standard InChI is InChI=1S/C10H14O2/c1-11-7-10-9-5-3-2-4-8(9)6-12-10/h5,7-8H,2-4,6H2,1H3. The first-order valence-electron chi connectivity index (χ1n) is 4.48. The second-order valence-corrected chi connectivity index (χ2v) is 3.32. The zero-order valence-electron chi connectivity index (χ0n) is 7.38. The van der Waals surface area contributed by atoms with Crippen molar-refractivity contribution in [3.63, 3.8) is 0 Å². The highest BCUT2D eigenvalue weighted by Crippen LogP contribution is 2.36. The largest absolute Gasteiger partial charge is 0.500 e. The second kappa shape index (κ2) is 3.21. The Morgan fingerprint density at radius 3 is 3.42 bits per heavy atom. The van der Waals surface area contributed by atoms with E-state index >= 15 is 0 Å². The molecule has 1 saturated heterocycles. The van der Waals surface area contributed by atoms with Crippen molar-refractivity contribution in [3.8, 4) is 0 Å². The van der Waals surface area contributed by atoms with Crippen LogP contribution in [-0.4, -0.2) is 13.7 Å². The number of rotatable bonds is 1. The molecule has 0 radical (unpaired) electrons. The Hall–Kier alpha value is -0.920. The quantitative estimate of drug-likeness (QED) is 0.556. The van der Waals surface area contributed by atoms with Crippen molar-refractivity contribution in [3.05, 3.63) is 23.7 Å². The zero-order valence-corrected chi connectivity index (χ0v) is 7.38. The van der Waals surface area contributed by atoms with Gasteiger partial charge >= 0.3 is 0 Å². The van der Waals surface area contributed by atoms with E-state index in [1.165, 1.54) is 24.8 Å². The van der Waals surface area contributed by atoms with E-state index in [2.05, 4.69) is 6.08 Å². The Labute approximate surface area is 72.9 Å². The Kier molecular flexibility index (Phi) is 2.07. The molecule has 0 aromatic rings. The fraction of sp³-hybridized carbons (Fsp3) is 0.600. The molecule has 2 heteroatoms. The van der Waals surface area contributed by atoms with E-state index in [0.717, 1.165) is 12.4 Å². The van der Waals surface area contributed by atoms with Gasteiger partial charge in [0.15, 0.2) is 5.76 Å². The molecule has 2 aliphatic rings. The average Bonchev–Trinajstić information content (AvgIpc) is 2.50. The molecule has 0 bridgehead atoms. The van der Waals surface area contributed by atoms with Crippen LogP contribution in [0, 0.1) is 5.92 Å². The van der Waals surface area contributed by atoms with Crippen molar-refractivity contribution in [2.45, 2.75) is 19.3 Å². The van der Waals surface area contributed by atoms with Crippen LogP contribution in [0.3, 0.4) is 0 Å². The van der Waals surface area contributed by atoms with Gasteiger partial charge in [0.2, 0.25) is 0 Å². The van der Waals surface area contributed by atoms with E-state index in [9.17, 15) is 0 Å². The maximum atomic E-state index is 5.51. The van der Waals surface area contributed by atoms with Crippen molar-refractivity contribution in [1.82, 2.24) is 0 Å². The summed E-state index contributed by atoms with van der Waals surface area (Å²) in [6, 6.07) is 0. The first kappa shape index (κ1) is 7.71. The lowest BCUT2D eigenvalue weighted by Crippen LogP contribution is -2.05. The molecule has 0 saturated carbocycles. The highest BCUT2D eigenvalue weighted by molar-refractivity contribution is 5.32. The van der Waals surface area contributed by atoms with Gasteiger partial charge in [-0.15, -0.1) is 0 Å². The van der Waals surface area contributed by atoms with Gasteiger partial charge in [-0.05, 0) is 24.8 Å². The zero-order chi connectivity index (χ0) is 8.39. The third-order valence-electron chi connectivity index (χ3n) is 2.51. The topological polar surface area (TPSA) is 18.5 Å². The molecule has 0 spiro atoms. The molecule has 1 unspecified atom stereocenters. The molecule has 0 aromatic carbocycles. The fourth-order valence-corrected chi connectivity index (χ4v) is 1.90. The minimum absolute atomic E-state index is 0.639. The molecule has 66 valence electrons. The summed E-state index contributed by atoms with van der Waals surface area (Å²) < 4.78 is 10.5. The minimum Gasteiger partial charge on any atom is -0.500 e. The molecular weight excluding hydrogens is 152 g/mol. The molecule has 1 atom stereocenters. The number of fused-ring (bicyclic) bond motifs is 1. The number of hydrogen-bond acceptors (Lipinski definition) is 2. The number of hydrogen-bond donors (Lipinski definition) is 0. The van der Waals surface area contributed by atoms with Crippen LogP contribution in [0.4, 0.5) is 0 Å². The summed E-state index contributed by atoms with van der Waals surface area (Å²) in [6.45, 7) is 0.848. The summed E-state index contributed by atoms with van der Waals surface area (Å²) in [5.41, 5.74) is 1.36. The SMILES string of the molecule is COC=C1OCC2CCCC=C12. The summed E-state index contributed by atoms with van der Waals surface area (Å²) in [5, 5.41) is 0. The average molecular weight is 166 g/mol. The van der Waals surface area contributed by atoms with E-state index in [1.54, 1.807) is 13.4 Å². The lowest BCUT2D eigenvalue weighted by atomic mass is 9.89. The minimum atomic E-state index is 0.639. The van der Waals surface area contributed by atoms with Crippen LogP contribution >= 0.6 is 0 Å².